The van der Waals surface area contributed by atoms with E-state index in [0.717, 1.165) is 12.8 Å². The average molecular weight is 142 g/mol. The van der Waals surface area contributed by atoms with Crippen LogP contribution < -0.4 is 0 Å². The number of rotatable bonds is 2. The van der Waals surface area contributed by atoms with Crippen LogP contribution in [0.2, 0.25) is 0 Å². The molecule has 1 rings (SSSR count). The molecule has 1 heterocycles. The van der Waals surface area contributed by atoms with Crippen LogP contribution >= 0.6 is 0 Å². The first kappa shape index (κ1) is 7.73. The van der Waals surface area contributed by atoms with Crippen LogP contribution in [0.25, 0.3) is 0 Å². The average Bonchev–Trinajstić information content (AvgIpc) is 2.32. The molecule has 0 amide bonds. The van der Waals surface area contributed by atoms with Gasteiger partial charge in [-0.25, -0.2) is 0 Å². The molecule has 1 saturated heterocycles. The summed E-state index contributed by atoms with van der Waals surface area (Å²) in [5.74, 6) is 0.289. The molecule has 0 spiro atoms. The Balaban J connectivity index is 2.71. The Labute approximate surface area is 61.6 Å². The Bertz CT molecular complexity index is 136. The second-order valence-electron chi connectivity index (χ2n) is 2.90. The standard InChI is InChI=1S/C8H14O2/c1-3-8(4-2)6-10-5-7(8)9/h3-6H2,1-2H3. The van der Waals surface area contributed by atoms with Crippen LogP contribution in [0.5, 0.6) is 0 Å². The molecule has 0 unspecified atom stereocenters. The van der Waals surface area contributed by atoms with E-state index in [1.54, 1.807) is 0 Å². The second-order valence-corrected chi connectivity index (χ2v) is 2.90. The van der Waals surface area contributed by atoms with E-state index in [1.807, 2.05) is 0 Å². The van der Waals surface area contributed by atoms with Gasteiger partial charge in [0.25, 0.3) is 0 Å². The fourth-order valence-electron chi connectivity index (χ4n) is 1.42. The van der Waals surface area contributed by atoms with E-state index < -0.39 is 0 Å². The highest BCUT2D eigenvalue weighted by Gasteiger charge is 2.39. The summed E-state index contributed by atoms with van der Waals surface area (Å²) in [5, 5.41) is 0. The summed E-state index contributed by atoms with van der Waals surface area (Å²) in [7, 11) is 0. The number of ketones is 1. The first-order chi connectivity index (χ1) is 4.75. The van der Waals surface area contributed by atoms with E-state index in [0.29, 0.717) is 13.2 Å². The Kier molecular flexibility index (Phi) is 2.09. The van der Waals surface area contributed by atoms with E-state index in [1.165, 1.54) is 0 Å². The van der Waals surface area contributed by atoms with Crippen LogP contribution in [0.4, 0.5) is 0 Å². The largest absolute Gasteiger partial charge is 0.373 e. The highest BCUT2D eigenvalue weighted by molar-refractivity contribution is 5.87. The first-order valence-corrected chi connectivity index (χ1v) is 3.86. The van der Waals surface area contributed by atoms with Crippen molar-refractivity contribution < 1.29 is 9.53 Å². The first-order valence-electron chi connectivity index (χ1n) is 3.86. The van der Waals surface area contributed by atoms with Crippen molar-refractivity contribution in [2.45, 2.75) is 26.7 Å². The Morgan fingerprint density at radius 2 is 2.10 bits per heavy atom. The molecule has 1 fully saturated rings. The Hall–Kier alpha value is -0.370. The highest BCUT2D eigenvalue weighted by atomic mass is 16.5. The Morgan fingerprint density at radius 1 is 1.50 bits per heavy atom. The minimum Gasteiger partial charge on any atom is -0.373 e. The SMILES string of the molecule is CCC1(CC)COCC1=O. The van der Waals surface area contributed by atoms with Crippen LogP contribution in [-0.2, 0) is 9.53 Å². The molecule has 1 aliphatic heterocycles. The van der Waals surface area contributed by atoms with E-state index >= 15 is 0 Å². The number of Topliss-reactive ketones (excluding diaryl/α,β-unsaturated/α-hetero) is 1. The molecule has 0 aromatic rings. The molecule has 0 bridgehead atoms. The highest BCUT2D eigenvalue weighted by Crippen LogP contribution is 2.32. The Morgan fingerprint density at radius 3 is 2.30 bits per heavy atom. The molecular formula is C8H14O2. The fourth-order valence-corrected chi connectivity index (χ4v) is 1.42. The molecule has 0 aliphatic carbocycles. The van der Waals surface area contributed by atoms with Crippen LogP contribution in [0, 0.1) is 5.41 Å². The molecule has 0 atom stereocenters. The number of hydrogen-bond acceptors (Lipinski definition) is 2. The molecular weight excluding hydrogens is 128 g/mol. The van der Waals surface area contributed by atoms with Gasteiger partial charge in [-0.15, -0.1) is 0 Å². The van der Waals surface area contributed by atoms with Crippen LogP contribution in [-0.4, -0.2) is 19.0 Å². The predicted molar refractivity (Wildman–Crippen MR) is 38.8 cm³/mol. The fraction of sp³-hybridized carbons (Fsp3) is 0.875. The maximum Gasteiger partial charge on any atom is 0.166 e. The van der Waals surface area contributed by atoms with Gasteiger partial charge in [-0.1, -0.05) is 13.8 Å². The topological polar surface area (TPSA) is 26.3 Å². The lowest BCUT2D eigenvalue weighted by atomic mass is 9.81. The molecule has 2 nitrogen and oxygen atoms in total. The molecule has 0 aromatic carbocycles. The molecule has 0 saturated carbocycles. The van der Waals surface area contributed by atoms with Crippen molar-refractivity contribution in [3.05, 3.63) is 0 Å². The lowest BCUT2D eigenvalue weighted by Crippen LogP contribution is -2.27. The third kappa shape index (κ3) is 0.966. The molecule has 2 heteroatoms. The van der Waals surface area contributed by atoms with Gasteiger partial charge in [0.1, 0.15) is 6.61 Å². The van der Waals surface area contributed by atoms with Gasteiger partial charge in [0.05, 0.1) is 12.0 Å². The zero-order chi connectivity index (χ0) is 7.61. The smallest absolute Gasteiger partial charge is 0.166 e. The number of ether oxygens (including phenoxy) is 1. The van der Waals surface area contributed by atoms with E-state index in [2.05, 4.69) is 13.8 Å². The monoisotopic (exact) mass is 142 g/mol. The minimum atomic E-state index is -0.125. The van der Waals surface area contributed by atoms with Gasteiger partial charge >= 0.3 is 0 Å². The van der Waals surface area contributed by atoms with Crippen LogP contribution in [0.1, 0.15) is 26.7 Å². The summed E-state index contributed by atoms with van der Waals surface area (Å²) in [6.45, 7) is 5.08. The van der Waals surface area contributed by atoms with E-state index in [9.17, 15) is 4.79 Å². The summed E-state index contributed by atoms with van der Waals surface area (Å²) in [6, 6.07) is 0. The molecule has 58 valence electrons. The van der Waals surface area contributed by atoms with Crippen molar-refractivity contribution in [1.82, 2.24) is 0 Å². The van der Waals surface area contributed by atoms with Crippen molar-refractivity contribution in [2.75, 3.05) is 13.2 Å². The summed E-state index contributed by atoms with van der Waals surface area (Å²) < 4.78 is 5.10. The van der Waals surface area contributed by atoms with E-state index in [4.69, 9.17) is 4.74 Å². The van der Waals surface area contributed by atoms with E-state index in [-0.39, 0.29) is 11.2 Å². The second kappa shape index (κ2) is 2.70. The van der Waals surface area contributed by atoms with Gasteiger partial charge in [0, 0.05) is 0 Å². The predicted octanol–water partition coefficient (Wildman–Crippen LogP) is 1.39. The maximum atomic E-state index is 11.2. The summed E-state index contributed by atoms with van der Waals surface area (Å²) in [6.07, 6.45) is 1.84. The number of carbonyl (C=O) groups excluding carboxylic acids is 1. The normalized spacial score (nSPS) is 23.6. The molecule has 0 radical (unpaired) electrons. The maximum absolute atomic E-state index is 11.2. The number of carbonyl (C=O) groups is 1. The number of hydrogen-bond donors (Lipinski definition) is 0. The molecule has 10 heavy (non-hydrogen) atoms. The third-order valence-corrected chi connectivity index (χ3v) is 2.56. The van der Waals surface area contributed by atoms with Gasteiger partial charge < -0.3 is 4.74 Å². The molecule has 0 N–H and O–H groups in total. The van der Waals surface area contributed by atoms with Gasteiger partial charge in [-0.2, -0.15) is 0 Å². The molecule has 1 aliphatic rings. The third-order valence-electron chi connectivity index (χ3n) is 2.56. The summed E-state index contributed by atoms with van der Waals surface area (Å²) in [4.78, 5) is 11.2. The minimum absolute atomic E-state index is 0.125. The van der Waals surface area contributed by atoms with Gasteiger partial charge in [-0.3, -0.25) is 4.79 Å². The van der Waals surface area contributed by atoms with Gasteiger partial charge in [-0.05, 0) is 12.8 Å². The van der Waals surface area contributed by atoms with Crippen molar-refractivity contribution in [2.24, 2.45) is 5.41 Å². The quantitative estimate of drug-likeness (QED) is 0.582. The van der Waals surface area contributed by atoms with Crippen LogP contribution in [0.15, 0.2) is 0 Å². The van der Waals surface area contributed by atoms with Gasteiger partial charge in [0.2, 0.25) is 0 Å². The summed E-state index contributed by atoms with van der Waals surface area (Å²) >= 11 is 0. The van der Waals surface area contributed by atoms with Crippen molar-refractivity contribution in [3.63, 3.8) is 0 Å². The lowest BCUT2D eigenvalue weighted by Gasteiger charge is -2.20. The molecule has 0 aromatic heterocycles. The van der Waals surface area contributed by atoms with Crippen molar-refractivity contribution in [1.29, 1.82) is 0 Å². The van der Waals surface area contributed by atoms with Crippen molar-refractivity contribution in [3.8, 4) is 0 Å². The summed E-state index contributed by atoms with van der Waals surface area (Å²) in [5.41, 5.74) is -0.125. The van der Waals surface area contributed by atoms with Crippen molar-refractivity contribution >= 4 is 5.78 Å². The van der Waals surface area contributed by atoms with Crippen LogP contribution in [0.3, 0.4) is 0 Å². The zero-order valence-electron chi connectivity index (χ0n) is 6.64. The van der Waals surface area contributed by atoms with Gasteiger partial charge in [0.15, 0.2) is 5.78 Å². The zero-order valence-corrected chi connectivity index (χ0v) is 6.64. The lowest BCUT2D eigenvalue weighted by molar-refractivity contribution is -0.125.